The zero-order valence-corrected chi connectivity index (χ0v) is 11.1. The van der Waals surface area contributed by atoms with Crippen molar-refractivity contribution in [3.8, 4) is 0 Å². The minimum atomic E-state index is -0.410. The first-order valence-electron chi connectivity index (χ1n) is 5.93. The summed E-state index contributed by atoms with van der Waals surface area (Å²) in [6.07, 6.45) is 3.53. The van der Waals surface area contributed by atoms with Gasteiger partial charge in [0.15, 0.2) is 0 Å². The molecule has 0 atom stereocenters. The number of hydrogen-bond acceptors (Lipinski definition) is 3. The van der Waals surface area contributed by atoms with Gasteiger partial charge >= 0.3 is 0 Å². The zero-order chi connectivity index (χ0) is 13.5. The monoisotopic (exact) mass is 280 g/mol. The number of pyridine rings is 1. The highest BCUT2D eigenvalue weighted by atomic mass is 32.2. The van der Waals surface area contributed by atoms with Gasteiger partial charge in [0.05, 0.1) is 0 Å². The lowest BCUT2D eigenvalue weighted by atomic mass is 10.3. The summed E-state index contributed by atoms with van der Waals surface area (Å²) < 4.78 is 26.3. The maximum Gasteiger partial charge on any atom is 0.136 e. The largest absolute Gasteiger partial charge is 0.312 e. The van der Waals surface area contributed by atoms with Crippen molar-refractivity contribution in [2.45, 2.75) is 11.4 Å². The quantitative estimate of drug-likeness (QED) is 0.649. The highest BCUT2D eigenvalue weighted by Gasteiger charge is 2.03. The number of benzene rings is 1. The molecule has 2 aromatic rings. The molecule has 0 radical (unpaired) electrons. The van der Waals surface area contributed by atoms with Crippen LogP contribution in [0.1, 0.15) is 5.56 Å². The SMILES string of the molecule is Fc1ccc(F)c(SCCNCc2cccnc2)c1. The van der Waals surface area contributed by atoms with Crippen molar-refractivity contribution < 1.29 is 8.78 Å². The number of rotatable bonds is 6. The van der Waals surface area contributed by atoms with Crippen LogP contribution in [0.25, 0.3) is 0 Å². The molecule has 2 nitrogen and oxygen atoms in total. The summed E-state index contributed by atoms with van der Waals surface area (Å²) in [6, 6.07) is 7.37. The molecule has 0 spiro atoms. The van der Waals surface area contributed by atoms with E-state index in [0.29, 0.717) is 10.6 Å². The molecular weight excluding hydrogens is 266 g/mol. The first-order chi connectivity index (χ1) is 9.25. The second kappa shape index (κ2) is 7.21. The molecule has 0 saturated carbocycles. The van der Waals surface area contributed by atoms with Crippen molar-refractivity contribution >= 4 is 11.8 Å². The second-order valence-corrected chi connectivity index (χ2v) is 5.10. The van der Waals surface area contributed by atoms with Crippen LogP contribution in [0.2, 0.25) is 0 Å². The third-order valence-electron chi connectivity index (χ3n) is 2.48. The maximum atomic E-state index is 13.3. The van der Waals surface area contributed by atoms with Gasteiger partial charge in [0.1, 0.15) is 11.6 Å². The van der Waals surface area contributed by atoms with Crippen molar-refractivity contribution in [2.24, 2.45) is 0 Å². The summed E-state index contributed by atoms with van der Waals surface area (Å²) in [5, 5.41) is 3.23. The van der Waals surface area contributed by atoms with Gasteiger partial charge in [-0.25, -0.2) is 8.78 Å². The molecule has 0 amide bonds. The number of thioether (sulfide) groups is 1. The van der Waals surface area contributed by atoms with E-state index >= 15 is 0 Å². The van der Waals surface area contributed by atoms with E-state index in [-0.39, 0.29) is 5.82 Å². The normalized spacial score (nSPS) is 10.6. The lowest BCUT2D eigenvalue weighted by Crippen LogP contribution is -2.16. The summed E-state index contributed by atoms with van der Waals surface area (Å²) in [4.78, 5) is 4.37. The van der Waals surface area contributed by atoms with Gasteiger partial charge in [-0.2, -0.15) is 0 Å². The molecule has 0 aliphatic carbocycles. The van der Waals surface area contributed by atoms with Crippen LogP contribution in [0.5, 0.6) is 0 Å². The van der Waals surface area contributed by atoms with Crippen LogP contribution in [0, 0.1) is 11.6 Å². The van der Waals surface area contributed by atoms with E-state index < -0.39 is 5.82 Å². The van der Waals surface area contributed by atoms with E-state index in [1.54, 1.807) is 12.4 Å². The van der Waals surface area contributed by atoms with Crippen molar-refractivity contribution in [3.63, 3.8) is 0 Å². The van der Waals surface area contributed by atoms with Gasteiger partial charge in [-0.05, 0) is 29.8 Å². The van der Waals surface area contributed by atoms with Crippen LogP contribution >= 0.6 is 11.8 Å². The fraction of sp³-hybridized carbons (Fsp3) is 0.214. The predicted octanol–water partition coefficient (Wildman–Crippen LogP) is 3.24. The topological polar surface area (TPSA) is 24.9 Å². The molecule has 1 aromatic carbocycles. The van der Waals surface area contributed by atoms with Crippen molar-refractivity contribution in [2.75, 3.05) is 12.3 Å². The Hall–Kier alpha value is -1.46. The molecule has 1 aromatic heterocycles. The number of aromatic nitrogens is 1. The first kappa shape index (κ1) is 14.0. The summed E-state index contributed by atoms with van der Waals surface area (Å²) in [6.45, 7) is 1.44. The Morgan fingerprint density at radius 1 is 1.21 bits per heavy atom. The Labute approximate surface area is 115 Å². The summed E-state index contributed by atoms with van der Waals surface area (Å²) >= 11 is 1.30. The van der Waals surface area contributed by atoms with Crippen LogP contribution in [-0.4, -0.2) is 17.3 Å². The van der Waals surface area contributed by atoms with E-state index in [1.165, 1.54) is 17.8 Å². The average Bonchev–Trinajstić information content (AvgIpc) is 2.43. The van der Waals surface area contributed by atoms with E-state index in [0.717, 1.165) is 30.8 Å². The number of hydrogen-bond donors (Lipinski definition) is 1. The van der Waals surface area contributed by atoms with E-state index in [9.17, 15) is 8.78 Å². The van der Waals surface area contributed by atoms with E-state index in [4.69, 9.17) is 0 Å². The highest BCUT2D eigenvalue weighted by Crippen LogP contribution is 2.21. The molecule has 0 aliphatic heterocycles. The third-order valence-corrected chi connectivity index (χ3v) is 3.51. The molecule has 1 heterocycles. The molecule has 19 heavy (non-hydrogen) atoms. The summed E-state index contributed by atoms with van der Waals surface area (Å²) in [5.74, 6) is -0.105. The molecule has 1 N–H and O–H groups in total. The molecule has 0 unspecified atom stereocenters. The maximum absolute atomic E-state index is 13.3. The van der Waals surface area contributed by atoms with Gasteiger partial charge in [0.2, 0.25) is 0 Å². The Balaban J connectivity index is 1.71. The Bertz CT molecular complexity index is 520. The minimum Gasteiger partial charge on any atom is -0.312 e. The predicted molar refractivity (Wildman–Crippen MR) is 73.0 cm³/mol. The number of halogens is 2. The standard InChI is InChI=1S/C14H14F2N2S/c15-12-3-4-13(16)14(8-12)19-7-6-18-10-11-2-1-5-17-9-11/h1-5,8-9,18H,6-7,10H2. The molecule has 0 fully saturated rings. The number of nitrogens with zero attached hydrogens (tertiary/aromatic N) is 1. The zero-order valence-electron chi connectivity index (χ0n) is 10.3. The van der Waals surface area contributed by atoms with Gasteiger partial charge in [0.25, 0.3) is 0 Å². The van der Waals surface area contributed by atoms with Gasteiger partial charge in [-0.15, -0.1) is 11.8 Å². The number of nitrogens with one attached hydrogen (secondary N) is 1. The third kappa shape index (κ3) is 4.61. The lowest BCUT2D eigenvalue weighted by Gasteiger charge is -2.05. The van der Waals surface area contributed by atoms with Crippen LogP contribution in [0.3, 0.4) is 0 Å². The van der Waals surface area contributed by atoms with Crippen molar-refractivity contribution in [1.29, 1.82) is 0 Å². The molecule has 0 saturated heterocycles. The van der Waals surface area contributed by atoms with E-state index in [1.807, 2.05) is 12.1 Å². The Morgan fingerprint density at radius 3 is 2.89 bits per heavy atom. The van der Waals surface area contributed by atoms with Gasteiger partial charge in [-0.3, -0.25) is 4.98 Å². The average molecular weight is 280 g/mol. The highest BCUT2D eigenvalue weighted by molar-refractivity contribution is 7.99. The van der Waals surface area contributed by atoms with Crippen LogP contribution in [-0.2, 0) is 6.54 Å². The Kier molecular flexibility index (Phi) is 5.30. The van der Waals surface area contributed by atoms with E-state index in [2.05, 4.69) is 10.3 Å². The van der Waals surface area contributed by atoms with Crippen molar-refractivity contribution in [3.05, 3.63) is 59.9 Å². The molecule has 0 aliphatic rings. The molecule has 5 heteroatoms. The summed E-state index contributed by atoms with van der Waals surface area (Å²) in [5.41, 5.74) is 1.10. The van der Waals surface area contributed by atoms with Crippen LogP contribution in [0.15, 0.2) is 47.6 Å². The van der Waals surface area contributed by atoms with Gasteiger partial charge in [0, 0.05) is 36.1 Å². The first-order valence-corrected chi connectivity index (χ1v) is 6.92. The molecule has 100 valence electrons. The summed E-state index contributed by atoms with van der Waals surface area (Å²) in [7, 11) is 0. The van der Waals surface area contributed by atoms with Crippen molar-refractivity contribution in [1.82, 2.24) is 10.3 Å². The molecular formula is C14H14F2N2S. The Morgan fingerprint density at radius 2 is 2.11 bits per heavy atom. The minimum absolute atomic E-state index is 0.350. The molecule has 2 rings (SSSR count). The fourth-order valence-corrected chi connectivity index (χ4v) is 2.42. The van der Waals surface area contributed by atoms with Crippen LogP contribution in [0.4, 0.5) is 8.78 Å². The lowest BCUT2D eigenvalue weighted by molar-refractivity contribution is 0.577. The second-order valence-electron chi connectivity index (χ2n) is 3.96. The molecule has 0 bridgehead atoms. The smallest absolute Gasteiger partial charge is 0.136 e. The van der Waals surface area contributed by atoms with Gasteiger partial charge < -0.3 is 5.32 Å². The van der Waals surface area contributed by atoms with Gasteiger partial charge in [-0.1, -0.05) is 6.07 Å². The van der Waals surface area contributed by atoms with Crippen LogP contribution < -0.4 is 5.32 Å². The fourth-order valence-electron chi connectivity index (χ4n) is 1.56.